The number of nitro benzene ring substituents is 1. The summed E-state index contributed by atoms with van der Waals surface area (Å²) >= 11 is 5.70. The first-order valence-corrected chi connectivity index (χ1v) is 6.19. The van der Waals surface area contributed by atoms with E-state index in [1.54, 1.807) is 24.3 Å². The van der Waals surface area contributed by atoms with Gasteiger partial charge in [0.2, 0.25) is 0 Å². The number of nitriles is 1. The van der Waals surface area contributed by atoms with E-state index in [4.69, 9.17) is 21.6 Å². The number of nitrogens with zero attached hydrogens (tertiary/aromatic N) is 2. The molecule has 0 spiro atoms. The zero-order valence-electron chi connectivity index (χ0n) is 10.2. The fourth-order valence-corrected chi connectivity index (χ4v) is 1.79. The quantitative estimate of drug-likeness (QED) is 0.484. The highest BCUT2D eigenvalue weighted by molar-refractivity contribution is 6.17. The van der Waals surface area contributed by atoms with E-state index < -0.39 is 4.92 Å². The molecule has 2 aromatic carbocycles. The van der Waals surface area contributed by atoms with Gasteiger partial charge in [0.1, 0.15) is 17.6 Å². The maximum Gasteiger partial charge on any atom is 0.273 e. The number of hydrogen-bond donors (Lipinski definition) is 0. The Bertz CT molecular complexity index is 695. The molecule has 6 heteroatoms. The van der Waals surface area contributed by atoms with Gasteiger partial charge in [-0.15, -0.1) is 11.6 Å². The molecule has 0 bridgehead atoms. The standard InChI is InChI=1S/C14H9ClN2O3/c15-8-10-4-5-14(11(6-10)9-16)20-13-3-1-2-12(7-13)17(18)19/h1-7H,8H2. The molecule has 5 nitrogen and oxygen atoms in total. The summed E-state index contributed by atoms with van der Waals surface area (Å²) in [6.45, 7) is 0. The molecule has 2 rings (SSSR count). The summed E-state index contributed by atoms with van der Waals surface area (Å²) in [4.78, 5) is 10.2. The van der Waals surface area contributed by atoms with E-state index in [-0.39, 0.29) is 5.69 Å². The van der Waals surface area contributed by atoms with Crippen LogP contribution in [0.4, 0.5) is 5.69 Å². The molecule has 0 aliphatic carbocycles. The maximum atomic E-state index is 10.7. The number of ether oxygens (including phenoxy) is 1. The molecule has 2 aromatic rings. The monoisotopic (exact) mass is 288 g/mol. The van der Waals surface area contributed by atoms with Crippen LogP contribution in [0.15, 0.2) is 42.5 Å². The van der Waals surface area contributed by atoms with E-state index in [9.17, 15) is 10.1 Å². The summed E-state index contributed by atoms with van der Waals surface area (Å²) in [6.07, 6.45) is 0. The smallest absolute Gasteiger partial charge is 0.273 e. The van der Waals surface area contributed by atoms with Crippen LogP contribution in [0.2, 0.25) is 0 Å². The third kappa shape index (κ3) is 3.05. The van der Waals surface area contributed by atoms with Crippen molar-refractivity contribution in [1.82, 2.24) is 0 Å². The predicted octanol–water partition coefficient (Wildman–Crippen LogP) is 4.00. The van der Waals surface area contributed by atoms with Crippen LogP contribution in [0.5, 0.6) is 11.5 Å². The summed E-state index contributed by atoms with van der Waals surface area (Å²) in [5.74, 6) is 0.933. The van der Waals surface area contributed by atoms with Crippen molar-refractivity contribution < 1.29 is 9.66 Å². The largest absolute Gasteiger partial charge is 0.456 e. The topological polar surface area (TPSA) is 76.2 Å². The summed E-state index contributed by atoms with van der Waals surface area (Å²) in [5, 5.41) is 19.8. The van der Waals surface area contributed by atoms with Crippen molar-refractivity contribution >= 4 is 17.3 Å². The van der Waals surface area contributed by atoms with Crippen LogP contribution in [-0.4, -0.2) is 4.92 Å². The molecule has 0 aromatic heterocycles. The molecular weight excluding hydrogens is 280 g/mol. The molecule has 20 heavy (non-hydrogen) atoms. The van der Waals surface area contributed by atoms with Crippen molar-refractivity contribution in [3.8, 4) is 17.6 Å². The lowest BCUT2D eigenvalue weighted by molar-refractivity contribution is -0.384. The molecule has 0 amide bonds. The number of benzene rings is 2. The first kappa shape index (κ1) is 13.8. The van der Waals surface area contributed by atoms with Crippen LogP contribution in [0, 0.1) is 21.4 Å². The molecule has 0 saturated heterocycles. The Labute approximate surface area is 120 Å². The molecule has 100 valence electrons. The average Bonchev–Trinajstić information content (AvgIpc) is 2.48. The molecule has 0 radical (unpaired) electrons. The highest BCUT2D eigenvalue weighted by atomic mass is 35.5. The average molecular weight is 289 g/mol. The second-order valence-electron chi connectivity index (χ2n) is 3.93. The molecule has 0 atom stereocenters. The SMILES string of the molecule is N#Cc1cc(CCl)ccc1Oc1cccc([N+](=O)[O-])c1. The van der Waals surface area contributed by atoms with Gasteiger partial charge in [-0.1, -0.05) is 12.1 Å². The van der Waals surface area contributed by atoms with Gasteiger partial charge in [0.15, 0.2) is 0 Å². The van der Waals surface area contributed by atoms with Crippen LogP contribution in [-0.2, 0) is 5.88 Å². The molecule has 0 aliphatic heterocycles. The highest BCUT2D eigenvalue weighted by Gasteiger charge is 2.10. The lowest BCUT2D eigenvalue weighted by atomic mass is 10.1. The van der Waals surface area contributed by atoms with Crippen molar-refractivity contribution in [3.05, 3.63) is 63.7 Å². The van der Waals surface area contributed by atoms with E-state index in [2.05, 4.69) is 0 Å². The number of hydrogen-bond acceptors (Lipinski definition) is 4. The van der Waals surface area contributed by atoms with Gasteiger partial charge in [0.25, 0.3) is 5.69 Å². The van der Waals surface area contributed by atoms with Gasteiger partial charge in [-0.3, -0.25) is 10.1 Å². The summed E-state index contributed by atoms with van der Waals surface area (Å²) in [6, 6.07) is 12.8. The van der Waals surface area contributed by atoms with Crippen molar-refractivity contribution in [2.45, 2.75) is 5.88 Å². The maximum absolute atomic E-state index is 10.7. The van der Waals surface area contributed by atoms with E-state index in [0.717, 1.165) is 5.56 Å². The first-order chi connectivity index (χ1) is 9.63. The van der Waals surface area contributed by atoms with E-state index in [0.29, 0.717) is 22.9 Å². The fourth-order valence-electron chi connectivity index (χ4n) is 1.62. The Morgan fingerprint density at radius 3 is 2.75 bits per heavy atom. The molecule has 0 N–H and O–H groups in total. The van der Waals surface area contributed by atoms with Crippen molar-refractivity contribution in [2.24, 2.45) is 0 Å². The highest BCUT2D eigenvalue weighted by Crippen LogP contribution is 2.28. The Morgan fingerprint density at radius 2 is 2.10 bits per heavy atom. The second kappa shape index (κ2) is 6.04. The molecule has 0 heterocycles. The van der Waals surface area contributed by atoms with Crippen LogP contribution in [0.25, 0.3) is 0 Å². The summed E-state index contributed by atoms with van der Waals surface area (Å²) < 4.78 is 5.52. The van der Waals surface area contributed by atoms with Gasteiger partial charge in [0.05, 0.1) is 16.6 Å². The van der Waals surface area contributed by atoms with E-state index in [1.165, 1.54) is 18.2 Å². The Morgan fingerprint density at radius 1 is 1.30 bits per heavy atom. The van der Waals surface area contributed by atoms with Crippen molar-refractivity contribution in [1.29, 1.82) is 5.26 Å². The molecular formula is C14H9ClN2O3. The van der Waals surface area contributed by atoms with Gasteiger partial charge in [-0.25, -0.2) is 0 Å². The van der Waals surface area contributed by atoms with Gasteiger partial charge >= 0.3 is 0 Å². The Kier molecular flexibility index (Phi) is 4.18. The molecule has 0 fully saturated rings. The normalized spacial score (nSPS) is 9.80. The van der Waals surface area contributed by atoms with Gasteiger partial charge in [-0.05, 0) is 23.8 Å². The van der Waals surface area contributed by atoms with Gasteiger partial charge in [-0.2, -0.15) is 5.26 Å². The second-order valence-corrected chi connectivity index (χ2v) is 4.20. The van der Waals surface area contributed by atoms with Gasteiger partial charge < -0.3 is 4.74 Å². The number of halogens is 1. The lowest BCUT2D eigenvalue weighted by Crippen LogP contribution is -1.92. The van der Waals surface area contributed by atoms with Crippen LogP contribution < -0.4 is 4.74 Å². The zero-order valence-corrected chi connectivity index (χ0v) is 11.0. The van der Waals surface area contributed by atoms with Gasteiger partial charge in [0, 0.05) is 11.9 Å². The minimum absolute atomic E-state index is 0.0709. The Hall–Kier alpha value is -2.58. The van der Waals surface area contributed by atoms with E-state index in [1.807, 2.05) is 6.07 Å². The molecule has 0 unspecified atom stereocenters. The van der Waals surface area contributed by atoms with Crippen LogP contribution in [0.1, 0.15) is 11.1 Å². The fraction of sp³-hybridized carbons (Fsp3) is 0.0714. The van der Waals surface area contributed by atoms with Crippen LogP contribution >= 0.6 is 11.6 Å². The zero-order chi connectivity index (χ0) is 14.5. The van der Waals surface area contributed by atoms with Crippen molar-refractivity contribution in [3.63, 3.8) is 0 Å². The predicted molar refractivity (Wildman–Crippen MR) is 73.9 cm³/mol. The van der Waals surface area contributed by atoms with Crippen LogP contribution in [0.3, 0.4) is 0 Å². The number of non-ortho nitro benzene ring substituents is 1. The minimum atomic E-state index is -0.505. The number of rotatable bonds is 4. The van der Waals surface area contributed by atoms with E-state index >= 15 is 0 Å². The molecule has 0 aliphatic rings. The third-order valence-corrected chi connectivity index (χ3v) is 2.88. The number of alkyl halides is 1. The summed E-state index contributed by atoms with van der Waals surface area (Å²) in [7, 11) is 0. The minimum Gasteiger partial charge on any atom is -0.456 e. The first-order valence-electron chi connectivity index (χ1n) is 5.65. The Balaban J connectivity index is 2.33. The lowest BCUT2D eigenvalue weighted by Gasteiger charge is -2.08. The number of nitro groups is 1. The summed E-state index contributed by atoms with van der Waals surface area (Å²) in [5.41, 5.74) is 1.06. The third-order valence-electron chi connectivity index (χ3n) is 2.57. The van der Waals surface area contributed by atoms with Crippen molar-refractivity contribution in [2.75, 3.05) is 0 Å². The molecule has 0 saturated carbocycles.